The molecule has 0 aliphatic carbocycles. The number of carbonyl (C=O) groups excluding carboxylic acids is 1. The molecule has 0 bridgehead atoms. The average molecular weight is 312 g/mol. The average Bonchev–Trinajstić information content (AvgIpc) is 2.61. The number of ether oxygens (including phenoxy) is 2. The van der Waals surface area contributed by atoms with Gasteiger partial charge >= 0.3 is 0 Å². The van der Waals surface area contributed by atoms with Gasteiger partial charge in [0, 0.05) is 25.5 Å². The lowest BCUT2D eigenvalue weighted by molar-refractivity contribution is -0.141. The van der Waals surface area contributed by atoms with Crippen molar-refractivity contribution >= 4 is 5.91 Å². The monoisotopic (exact) mass is 312 g/mol. The highest BCUT2D eigenvalue weighted by Crippen LogP contribution is 2.31. The highest BCUT2D eigenvalue weighted by molar-refractivity contribution is 5.82. The predicted octanol–water partition coefficient (Wildman–Crippen LogP) is 2.66. The van der Waals surface area contributed by atoms with Crippen LogP contribution in [0.25, 0.3) is 0 Å². The molecule has 0 unspecified atom stereocenters. The van der Waals surface area contributed by atoms with Gasteiger partial charge in [-0.1, -0.05) is 19.1 Å². The Bertz CT molecular complexity index is 660. The van der Waals surface area contributed by atoms with Gasteiger partial charge in [0.15, 0.2) is 11.5 Å². The Morgan fingerprint density at radius 2 is 1.96 bits per heavy atom. The molecule has 23 heavy (non-hydrogen) atoms. The van der Waals surface area contributed by atoms with Crippen LogP contribution in [-0.2, 0) is 11.3 Å². The molecular formula is C18H20N2O3. The van der Waals surface area contributed by atoms with Crippen LogP contribution in [-0.4, -0.2) is 35.0 Å². The number of rotatable bonds is 5. The van der Waals surface area contributed by atoms with E-state index in [1.54, 1.807) is 12.4 Å². The first-order chi connectivity index (χ1) is 11.3. The van der Waals surface area contributed by atoms with Gasteiger partial charge in [0.25, 0.3) is 5.91 Å². The fraction of sp³-hybridized carbons (Fsp3) is 0.333. The largest absolute Gasteiger partial charge is 0.485 e. The summed E-state index contributed by atoms with van der Waals surface area (Å²) in [6.07, 6.45) is 3.76. The summed E-state index contributed by atoms with van der Waals surface area (Å²) >= 11 is 0. The third-order valence-corrected chi connectivity index (χ3v) is 3.71. The number of aromatic nitrogens is 1. The lowest BCUT2D eigenvalue weighted by Gasteiger charge is -2.30. The molecule has 0 saturated carbocycles. The molecule has 2 aromatic rings. The zero-order valence-electron chi connectivity index (χ0n) is 13.1. The van der Waals surface area contributed by atoms with Crippen molar-refractivity contribution in [1.29, 1.82) is 0 Å². The van der Waals surface area contributed by atoms with Crippen molar-refractivity contribution in [3.8, 4) is 11.5 Å². The van der Waals surface area contributed by atoms with Gasteiger partial charge in [0.05, 0.1) is 0 Å². The van der Waals surface area contributed by atoms with Crippen LogP contribution < -0.4 is 9.47 Å². The van der Waals surface area contributed by atoms with Gasteiger partial charge in [-0.3, -0.25) is 9.78 Å². The molecule has 0 saturated heterocycles. The van der Waals surface area contributed by atoms with Gasteiger partial charge in [-0.2, -0.15) is 0 Å². The number of hydrogen-bond donors (Lipinski definition) is 0. The number of carbonyl (C=O) groups is 1. The number of hydrogen-bond acceptors (Lipinski definition) is 4. The van der Waals surface area contributed by atoms with E-state index in [1.807, 2.05) is 41.3 Å². The third kappa shape index (κ3) is 3.62. The van der Waals surface area contributed by atoms with Gasteiger partial charge in [0.1, 0.15) is 6.61 Å². The fourth-order valence-corrected chi connectivity index (χ4v) is 2.59. The van der Waals surface area contributed by atoms with E-state index in [4.69, 9.17) is 9.47 Å². The van der Waals surface area contributed by atoms with Crippen LogP contribution in [0.5, 0.6) is 11.5 Å². The Morgan fingerprint density at radius 3 is 2.70 bits per heavy atom. The lowest BCUT2D eigenvalue weighted by Crippen LogP contribution is -2.46. The van der Waals surface area contributed by atoms with Crippen molar-refractivity contribution in [3.05, 3.63) is 54.4 Å². The summed E-state index contributed by atoms with van der Waals surface area (Å²) < 4.78 is 11.5. The van der Waals surface area contributed by atoms with Gasteiger partial charge in [0.2, 0.25) is 6.10 Å². The summed E-state index contributed by atoms with van der Waals surface area (Å²) in [5.74, 6) is 1.27. The Balaban J connectivity index is 1.71. The van der Waals surface area contributed by atoms with Gasteiger partial charge in [-0.05, 0) is 36.2 Å². The Hall–Kier alpha value is -2.56. The van der Waals surface area contributed by atoms with Crippen molar-refractivity contribution in [2.24, 2.45) is 0 Å². The fourth-order valence-electron chi connectivity index (χ4n) is 2.59. The second kappa shape index (κ2) is 7.13. The molecule has 0 spiro atoms. The highest BCUT2D eigenvalue weighted by atomic mass is 16.6. The maximum absolute atomic E-state index is 12.8. The second-order valence-corrected chi connectivity index (χ2v) is 5.48. The molecule has 0 N–H and O–H groups in total. The van der Waals surface area contributed by atoms with E-state index in [0.717, 1.165) is 12.0 Å². The van der Waals surface area contributed by atoms with Crippen molar-refractivity contribution in [3.63, 3.8) is 0 Å². The van der Waals surface area contributed by atoms with Crippen LogP contribution in [0.2, 0.25) is 0 Å². The lowest BCUT2D eigenvalue weighted by atomic mass is 10.2. The summed E-state index contributed by atoms with van der Waals surface area (Å²) in [5, 5.41) is 0. The molecule has 1 amide bonds. The molecule has 1 atom stereocenters. The quantitative estimate of drug-likeness (QED) is 0.852. The van der Waals surface area contributed by atoms with Crippen LogP contribution in [0.15, 0.2) is 48.8 Å². The summed E-state index contributed by atoms with van der Waals surface area (Å²) in [5.41, 5.74) is 1.05. The minimum absolute atomic E-state index is 0.0434. The molecule has 120 valence electrons. The van der Waals surface area contributed by atoms with Crippen LogP contribution >= 0.6 is 0 Å². The first-order valence-corrected chi connectivity index (χ1v) is 7.84. The van der Waals surface area contributed by atoms with E-state index in [1.165, 1.54) is 0 Å². The molecule has 0 radical (unpaired) electrons. The smallest absolute Gasteiger partial charge is 0.267 e. The number of para-hydroxylation sites is 2. The Morgan fingerprint density at radius 1 is 1.22 bits per heavy atom. The number of nitrogens with zero attached hydrogens (tertiary/aromatic N) is 2. The summed E-state index contributed by atoms with van der Waals surface area (Å²) in [7, 11) is 0. The minimum atomic E-state index is -0.599. The topological polar surface area (TPSA) is 51.7 Å². The van der Waals surface area contributed by atoms with E-state index in [-0.39, 0.29) is 12.5 Å². The Labute approximate surface area is 135 Å². The molecule has 3 rings (SSSR count). The molecule has 1 aliphatic rings. The number of amides is 1. The van der Waals surface area contributed by atoms with Crippen molar-refractivity contribution in [1.82, 2.24) is 9.88 Å². The molecule has 0 fully saturated rings. The van der Waals surface area contributed by atoms with Crippen LogP contribution in [0.1, 0.15) is 18.9 Å². The third-order valence-electron chi connectivity index (χ3n) is 3.71. The minimum Gasteiger partial charge on any atom is -0.485 e. The summed E-state index contributed by atoms with van der Waals surface area (Å²) in [4.78, 5) is 18.6. The number of benzene rings is 1. The summed E-state index contributed by atoms with van der Waals surface area (Å²) in [6.45, 7) is 3.53. The molecular weight excluding hydrogens is 292 g/mol. The maximum atomic E-state index is 12.8. The first-order valence-electron chi connectivity index (χ1n) is 7.84. The van der Waals surface area contributed by atoms with E-state index in [2.05, 4.69) is 11.9 Å². The Kier molecular flexibility index (Phi) is 4.76. The normalized spacial score (nSPS) is 16.0. The van der Waals surface area contributed by atoms with E-state index < -0.39 is 6.10 Å². The van der Waals surface area contributed by atoms with Crippen molar-refractivity contribution in [2.45, 2.75) is 26.0 Å². The predicted molar refractivity (Wildman–Crippen MR) is 86.3 cm³/mol. The highest BCUT2D eigenvalue weighted by Gasteiger charge is 2.30. The van der Waals surface area contributed by atoms with Crippen LogP contribution in [0, 0.1) is 0 Å². The SMILES string of the molecule is CCCN(Cc1ccncc1)C(=O)[C@@H]1COc2ccccc2O1. The van der Waals surface area contributed by atoms with Crippen LogP contribution in [0.4, 0.5) is 0 Å². The van der Waals surface area contributed by atoms with Crippen LogP contribution in [0.3, 0.4) is 0 Å². The molecule has 2 heterocycles. The molecule has 1 aromatic heterocycles. The van der Waals surface area contributed by atoms with Crippen molar-refractivity contribution in [2.75, 3.05) is 13.2 Å². The summed E-state index contributed by atoms with van der Waals surface area (Å²) in [6, 6.07) is 11.3. The van der Waals surface area contributed by atoms with Crippen molar-refractivity contribution < 1.29 is 14.3 Å². The van der Waals surface area contributed by atoms with Gasteiger partial charge < -0.3 is 14.4 Å². The molecule has 1 aliphatic heterocycles. The van der Waals surface area contributed by atoms with Gasteiger partial charge in [-0.15, -0.1) is 0 Å². The second-order valence-electron chi connectivity index (χ2n) is 5.48. The van der Waals surface area contributed by atoms with Gasteiger partial charge in [-0.25, -0.2) is 0 Å². The standard InChI is InChI=1S/C18H20N2O3/c1-2-11-20(12-14-7-9-19-10-8-14)18(21)17-13-22-15-5-3-4-6-16(15)23-17/h3-10,17H,2,11-13H2,1H3/t17-/m0/s1. The molecule has 5 heteroatoms. The zero-order chi connectivity index (χ0) is 16.1. The zero-order valence-corrected chi connectivity index (χ0v) is 13.1. The number of fused-ring (bicyclic) bond motifs is 1. The van der Waals surface area contributed by atoms with E-state index >= 15 is 0 Å². The molecule has 1 aromatic carbocycles. The molecule has 5 nitrogen and oxygen atoms in total. The van der Waals surface area contributed by atoms with E-state index in [0.29, 0.717) is 24.6 Å². The number of pyridine rings is 1. The van der Waals surface area contributed by atoms with E-state index in [9.17, 15) is 4.79 Å². The first kappa shape index (κ1) is 15.3. The maximum Gasteiger partial charge on any atom is 0.267 e.